The van der Waals surface area contributed by atoms with E-state index in [9.17, 15) is 14.4 Å². The van der Waals surface area contributed by atoms with E-state index in [-0.39, 0.29) is 48.3 Å². The number of amides is 3. The highest BCUT2D eigenvalue weighted by Crippen LogP contribution is 2.32. The molecule has 2 aliphatic heterocycles. The molecule has 1 atom stereocenters. The van der Waals surface area contributed by atoms with Gasteiger partial charge in [-0.15, -0.1) is 0 Å². The summed E-state index contributed by atoms with van der Waals surface area (Å²) < 4.78 is 28.4. The third-order valence-corrected chi connectivity index (χ3v) is 11.3. The van der Waals surface area contributed by atoms with Gasteiger partial charge in [-0.1, -0.05) is 31.2 Å². The lowest BCUT2D eigenvalue weighted by Crippen LogP contribution is -2.54. The van der Waals surface area contributed by atoms with Crippen molar-refractivity contribution in [1.29, 1.82) is 0 Å². The molecule has 3 N–H and O–H groups in total. The summed E-state index contributed by atoms with van der Waals surface area (Å²) in [4.78, 5) is 53.0. The topological polar surface area (TPSA) is 156 Å². The summed E-state index contributed by atoms with van der Waals surface area (Å²) in [7, 11) is 0. The zero-order chi connectivity index (χ0) is 44.0. The predicted octanol–water partition coefficient (Wildman–Crippen LogP) is 7.11. The summed E-state index contributed by atoms with van der Waals surface area (Å²) in [6, 6.07) is 15.8. The standard InChI is InChI=1S/C47H58FN9O5/c1-7-40-37(42(53-35-15-20-61-21-16-35)38-27-52-57(8-2)43(38)54-40)26-51-45(59)41-24-34(14-17-49-41)44(58)50-25-31-12-13-39(48)36(23-31)33-11-9-10-32(22-33)29-55-18-19-56(30(3)28-55)46(60)62-47(4,5)6/h9-14,17,22-24,27,30,35H,7-8,15-16,18-21,25-26,28-29H2,1-6H3,(H,50,58)(H,51,59)(H,53,54)/t30-/m0/s1. The second kappa shape index (κ2) is 19.4. The molecule has 328 valence electrons. The molecule has 2 fully saturated rings. The van der Waals surface area contributed by atoms with E-state index in [1.165, 1.54) is 18.3 Å². The van der Waals surface area contributed by atoms with Crippen LogP contribution in [0.15, 0.2) is 67.0 Å². The molecule has 62 heavy (non-hydrogen) atoms. The molecule has 0 spiro atoms. The van der Waals surface area contributed by atoms with E-state index < -0.39 is 17.4 Å². The zero-order valence-corrected chi connectivity index (χ0v) is 36.6. The monoisotopic (exact) mass is 847 g/mol. The van der Waals surface area contributed by atoms with E-state index in [1.54, 1.807) is 23.1 Å². The van der Waals surface area contributed by atoms with Crippen LogP contribution in [0, 0.1) is 5.82 Å². The van der Waals surface area contributed by atoms with Crippen LogP contribution in [0.2, 0.25) is 0 Å². The third-order valence-electron chi connectivity index (χ3n) is 11.3. The molecule has 0 saturated carbocycles. The fraction of sp³-hybridized carbons (Fsp3) is 0.447. The number of rotatable bonds is 13. The number of hydrogen-bond acceptors (Lipinski definition) is 10. The number of nitrogens with one attached hydrogen (secondary N) is 3. The maximum absolute atomic E-state index is 15.3. The fourth-order valence-electron chi connectivity index (χ4n) is 8.11. The highest BCUT2D eigenvalue weighted by molar-refractivity contribution is 5.98. The van der Waals surface area contributed by atoms with Crippen molar-refractivity contribution in [2.45, 2.75) is 105 Å². The lowest BCUT2D eigenvalue weighted by atomic mass is 10.00. The number of pyridine rings is 2. The Morgan fingerprint density at radius 2 is 1.74 bits per heavy atom. The van der Waals surface area contributed by atoms with E-state index in [0.717, 1.165) is 51.9 Å². The van der Waals surface area contributed by atoms with E-state index in [4.69, 9.17) is 14.5 Å². The lowest BCUT2D eigenvalue weighted by Gasteiger charge is -2.40. The Bertz CT molecular complexity index is 2410. The van der Waals surface area contributed by atoms with Gasteiger partial charge in [0, 0.05) is 99.7 Å². The summed E-state index contributed by atoms with van der Waals surface area (Å²) in [6.07, 6.45) is 5.36. The molecule has 15 heteroatoms. The maximum Gasteiger partial charge on any atom is 0.410 e. The minimum absolute atomic E-state index is 0.0172. The molecule has 14 nitrogen and oxygen atoms in total. The summed E-state index contributed by atoms with van der Waals surface area (Å²) >= 11 is 0. The van der Waals surface area contributed by atoms with Crippen molar-refractivity contribution in [2.75, 3.05) is 38.2 Å². The van der Waals surface area contributed by atoms with E-state index in [0.29, 0.717) is 63.5 Å². The summed E-state index contributed by atoms with van der Waals surface area (Å²) in [5.41, 5.74) is 6.18. The second-order valence-corrected chi connectivity index (χ2v) is 17.1. The van der Waals surface area contributed by atoms with Gasteiger partial charge in [0.15, 0.2) is 5.65 Å². The Hall–Kier alpha value is -5.93. The van der Waals surface area contributed by atoms with Crippen LogP contribution in [0.3, 0.4) is 0 Å². The molecule has 0 bridgehead atoms. The highest BCUT2D eigenvalue weighted by Gasteiger charge is 2.31. The fourth-order valence-corrected chi connectivity index (χ4v) is 8.11. The van der Waals surface area contributed by atoms with E-state index >= 15 is 4.39 Å². The summed E-state index contributed by atoms with van der Waals surface area (Å²) in [6.45, 7) is 16.7. The van der Waals surface area contributed by atoms with Crippen molar-refractivity contribution < 1.29 is 28.2 Å². The number of nitrogens with zero attached hydrogens (tertiary/aromatic N) is 6. The number of fused-ring (bicyclic) bond motifs is 1. The average Bonchev–Trinajstić information content (AvgIpc) is 3.68. The van der Waals surface area contributed by atoms with Gasteiger partial charge in [0.05, 0.1) is 17.3 Å². The number of carbonyl (C=O) groups is 3. The largest absolute Gasteiger partial charge is 0.444 e. The van der Waals surface area contributed by atoms with Gasteiger partial charge in [-0.2, -0.15) is 5.10 Å². The van der Waals surface area contributed by atoms with Gasteiger partial charge in [-0.3, -0.25) is 19.5 Å². The molecule has 0 aliphatic carbocycles. The third kappa shape index (κ3) is 10.6. The normalized spacial score (nSPS) is 16.3. The van der Waals surface area contributed by atoms with Gasteiger partial charge >= 0.3 is 6.09 Å². The Labute approximate surface area is 362 Å². The lowest BCUT2D eigenvalue weighted by molar-refractivity contribution is 0.000540. The molecular formula is C47H58FN9O5. The number of carbonyl (C=O) groups excluding carboxylic acids is 3. The van der Waals surface area contributed by atoms with E-state index in [2.05, 4.69) is 30.9 Å². The van der Waals surface area contributed by atoms with Crippen molar-refractivity contribution in [2.24, 2.45) is 0 Å². The number of halogens is 1. The molecule has 3 amide bonds. The average molecular weight is 848 g/mol. The van der Waals surface area contributed by atoms with Crippen molar-refractivity contribution in [1.82, 2.24) is 40.2 Å². The van der Waals surface area contributed by atoms with Crippen LogP contribution in [0.4, 0.5) is 14.9 Å². The van der Waals surface area contributed by atoms with E-state index in [1.807, 2.05) is 76.7 Å². The van der Waals surface area contributed by atoms with Crippen molar-refractivity contribution in [3.63, 3.8) is 0 Å². The summed E-state index contributed by atoms with van der Waals surface area (Å²) in [5.74, 6) is -1.19. The smallest absolute Gasteiger partial charge is 0.410 e. The van der Waals surface area contributed by atoms with Gasteiger partial charge in [-0.05, 0) is 101 Å². The molecule has 2 aromatic carbocycles. The number of hydrogen-bond donors (Lipinski definition) is 3. The molecule has 2 saturated heterocycles. The molecule has 0 unspecified atom stereocenters. The Kier molecular flexibility index (Phi) is 13.8. The van der Waals surface area contributed by atoms with Crippen LogP contribution >= 0.6 is 0 Å². The minimum Gasteiger partial charge on any atom is -0.444 e. The number of ether oxygens (including phenoxy) is 2. The first kappa shape index (κ1) is 44.1. The maximum atomic E-state index is 15.3. The quantitative estimate of drug-likeness (QED) is 0.112. The number of aryl methyl sites for hydroxylation is 2. The predicted molar refractivity (Wildman–Crippen MR) is 236 cm³/mol. The van der Waals surface area contributed by atoms with Crippen LogP contribution in [0.25, 0.3) is 22.2 Å². The van der Waals surface area contributed by atoms with Crippen molar-refractivity contribution in [3.8, 4) is 11.1 Å². The first-order valence-electron chi connectivity index (χ1n) is 21.6. The second-order valence-electron chi connectivity index (χ2n) is 17.1. The molecule has 5 heterocycles. The number of piperazine rings is 1. The number of benzene rings is 2. The van der Waals surface area contributed by atoms with Gasteiger partial charge in [0.25, 0.3) is 11.8 Å². The summed E-state index contributed by atoms with van der Waals surface area (Å²) in [5, 5.41) is 15.1. The van der Waals surface area contributed by atoms with Crippen LogP contribution in [-0.4, -0.2) is 98.0 Å². The first-order valence-corrected chi connectivity index (χ1v) is 21.6. The van der Waals surface area contributed by atoms with Crippen LogP contribution in [-0.2, 0) is 42.1 Å². The van der Waals surface area contributed by atoms with Gasteiger partial charge in [0.2, 0.25) is 0 Å². The van der Waals surface area contributed by atoms with Crippen LogP contribution in [0.1, 0.15) is 97.6 Å². The molecular weight excluding hydrogens is 790 g/mol. The van der Waals surface area contributed by atoms with Crippen molar-refractivity contribution in [3.05, 3.63) is 106 Å². The minimum atomic E-state index is -0.555. The van der Waals surface area contributed by atoms with Crippen LogP contribution < -0.4 is 16.0 Å². The van der Waals surface area contributed by atoms with Gasteiger partial charge < -0.3 is 30.3 Å². The molecule has 0 radical (unpaired) electrons. The van der Waals surface area contributed by atoms with Crippen molar-refractivity contribution >= 4 is 34.6 Å². The number of aromatic nitrogens is 4. The Morgan fingerprint density at radius 3 is 2.48 bits per heavy atom. The Balaban J connectivity index is 0.982. The van der Waals surface area contributed by atoms with Gasteiger partial charge in [0.1, 0.15) is 17.1 Å². The highest BCUT2D eigenvalue weighted by atomic mass is 19.1. The molecule has 7 rings (SSSR count). The Morgan fingerprint density at radius 1 is 0.952 bits per heavy atom. The number of anilines is 1. The zero-order valence-electron chi connectivity index (χ0n) is 36.6. The van der Waals surface area contributed by atoms with Gasteiger partial charge in [-0.25, -0.2) is 18.9 Å². The molecule has 2 aliphatic rings. The molecule has 5 aromatic rings. The SMILES string of the molecule is CCc1nc2c(cnn2CC)c(NC2CCOCC2)c1CNC(=O)c1cc(C(=O)NCc2ccc(F)c(-c3cccc(CN4CCN(C(=O)OC(C)(C)C)[C@@H](C)C4)c3)c2)ccn1. The molecule has 3 aromatic heterocycles. The first-order chi connectivity index (χ1) is 29.8. The van der Waals surface area contributed by atoms with Crippen LogP contribution in [0.5, 0.6) is 0 Å².